The third-order valence-corrected chi connectivity index (χ3v) is 6.26. The van der Waals surface area contributed by atoms with E-state index in [0.29, 0.717) is 23.3 Å². The van der Waals surface area contributed by atoms with Crippen molar-refractivity contribution in [1.29, 1.82) is 0 Å². The first kappa shape index (κ1) is 21.3. The number of aryl methyl sites for hydroxylation is 3. The van der Waals surface area contributed by atoms with Gasteiger partial charge in [-0.15, -0.1) is 5.10 Å². The molecule has 0 spiro atoms. The fourth-order valence-electron chi connectivity index (χ4n) is 4.44. The van der Waals surface area contributed by atoms with Crippen LogP contribution in [0.1, 0.15) is 5.56 Å². The van der Waals surface area contributed by atoms with Crippen molar-refractivity contribution in [1.82, 2.24) is 38.9 Å². The second-order valence-electron chi connectivity index (χ2n) is 8.61. The van der Waals surface area contributed by atoms with E-state index in [1.807, 2.05) is 66.2 Å². The fourth-order valence-corrected chi connectivity index (χ4v) is 4.44. The summed E-state index contributed by atoms with van der Waals surface area (Å²) in [6, 6.07) is 6.06. The molecule has 6 rings (SSSR count). The van der Waals surface area contributed by atoms with E-state index in [4.69, 9.17) is 14.8 Å². The first-order valence-electron chi connectivity index (χ1n) is 11.5. The molecular weight excluding hydrogens is 444 g/mol. The van der Waals surface area contributed by atoms with Gasteiger partial charge in [0.25, 0.3) is 0 Å². The molecule has 35 heavy (non-hydrogen) atoms. The molecule has 1 N–H and O–H groups in total. The van der Waals surface area contributed by atoms with E-state index < -0.39 is 0 Å². The van der Waals surface area contributed by atoms with Gasteiger partial charge in [0.1, 0.15) is 11.3 Å². The minimum absolute atomic E-state index is 0.513. The standard InChI is InChI=1S/C24H26N10O/c1-16-18(19-5-8-32(3)29-19)15-34-21(16)22(28-23(30-34)24-26-7-9-31(24)2)27-20-14-17(4-6-25-20)33-10-12-35-13-11-33/h4-9,14-15H,10-13H2,1-3H3,(H,25,27,28,30). The minimum Gasteiger partial charge on any atom is -0.378 e. The molecule has 0 aromatic carbocycles. The van der Waals surface area contributed by atoms with Gasteiger partial charge >= 0.3 is 0 Å². The van der Waals surface area contributed by atoms with Gasteiger partial charge in [-0.1, -0.05) is 0 Å². The second-order valence-corrected chi connectivity index (χ2v) is 8.61. The summed E-state index contributed by atoms with van der Waals surface area (Å²) in [5.74, 6) is 2.56. The van der Waals surface area contributed by atoms with Crippen LogP contribution in [0, 0.1) is 6.92 Å². The molecule has 0 unspecified atom stereocenters. The Labute approximate surface area is 202 Å². The summed E-state index contributed by atoms with van der Waals surface area (Å²) in [4.78, 5) is 16.2. The highest BCUT2D eigenvalue weighted by molar-refractivity contribution is 5.84. The van der Waals surface area contributed by atoms with Gasteiger partial charge in [-0.2, -0.15) is 5.10 Å². The molecule has 1 aliphatic heterocycles. The Kier molecular flexibility index (Phi) is 5.18. The Bertz CT molecular complexity index is 1510. The number of hydrogen-bond acceptors (Lipinski definition) is 8. The number of imidazole rings is 1. The molecule has 0 bridgehead atoms. The monoisotopic (exact) mass is 470 g/mol. The van der Waals surface area contributed by atoms with Crippen molar-refractivity contribution >= 4 is 22.8 Å². The van der Waals surface area contributed by atoms with Crippen molar-refractivity contribution in [3.8, 4) is 22.9 Å². The van der Waals surface area contributed by atoms with Gasteiger partial charge in [-0.3, -0.25) is 4.68 Å². The SMILES string of the molecule is Cc1c(-c2ccn(C)n2)cn2nc(-c3nccn3C)nc(Nc3cc(N4CCOCC4)ccn3)c12. The van der Waals surface area contributed by atoms with E-state index in [0.717, 1.165) is 54.3 Å². The maximum atomic E-state index is 5.50. The normalized spacial score (nSPS) is 14.1. The fraction of sp³-hybridized carbons (Fsp3) is 0.292. The van der Waals surface area contributed by atoms with Gasteiger partial charge < -0.3 is 19.5 Å². The summed E-state index contributed by atoms with van der Waals surface area (Å²) in [6.45, 7) is 5.23. The predicted octanol–water partition coefficient (Wildman–Crippen LogP) is 2.81. The number of ether oxygens (including phenoxy) is 1. The molecule has 11 nitrogen and oxygen atoms in total. The zero-order valence-electron chi connectivity index (χ0n) is 19.9. The molecule has 5 aromatic rings. The third-order valence-electron chi connectivity index (χ3n) is 6.26. The van der Waals surface area contributed by atoms with Gasteiger partial charge in [0.2, 0.25) is 5.82 Å². The van der Waals surface area contributed by atoms with Crippen LogP contribution in [-0.4, -0.2) is 65.2 Å². The van der Waals surface area contributed by atoms with Crippen molar-refractivity contribution in [2.75, 3.05) is 36.5 Å². The molecule has 5 aromatic heterocycles. The van der Waals surface area contributed by atoms with E-state index in [1.54, 1.807) is 10.9 Å². The maximum absolute atomic E-state index is 5.50. The number of morpholine rings is 1. The van der Waals surface area contributed by atoms with Crippen molar-refractivity contribution in [2.24, 2.45) is 14.1 Å². The van der Waals surface area contributed by atoms with E-state index in [1.165, 1.54) is 0 Å². The first-order valence-corrected chi connectivity index (χ1v) is 11.5. The smallest absolute Gasteiger partial charge is 0.218 e. The van der Waals surface area contributed by atoms with Crippen LogP contribution in [0.15, 0.2) is 49.2 Å². The lowest BCUT2D eigenvalue weighted by atomic mass is 10.1. The quantitative estimate of drug-likeness (QED) is 0.418. The van der Waals surface area contributed by atoms with Gasteiger partial charge in [-0.05, 0) is 24.6 Å². The number of rotatable bonds is 5. The summed E-state index contributed by atoms with van der Waals surface area (Å²) >= 11 is 0. The van der Waals surface area contributed by atoms with Crippen molar-refractivity contribution in [3.63, 3.8) is 0 Å². The van der Waals surface area contributed by atoms with Crippen LogP contribution < -0.4 is 10.2 Å². The molecule has 1 saturated heterocycles. The summed E-state index contributed by atoms with van der Waals surface area (Å²) < 4.78 is 11.0. The lowest BCUT2D eigenvalue weighted by molar-refractivity contribution is 0.122. The van der Waals surface area contributed by atoms with Gasteiger partial charge in [0.05, 0.1) is 18.9 Å². The van der Waals surface area contributed by atoms with E-state index in [-0.39, 0.29) is 0 Å². The molecular formula is C24H26N10O. The number of aromatic nitrogens is 8. The highest BCUT2D eigenvalue weighted by Crippen LogP contribution is 2.32. The minimum atomic E-state index is 0.513. The van der Waals surface area contributed by atoms with Crippen LogP contribution in [0.4, 0.5) is 17.3 Å². The highest BCUT2D eigenvalue weighted by atomic mass is 16.5. The van der Waals surface area contributed by atoms with Gasteiger partial charge in [0, 0.05) is 75.5 Å². The summed E-state index contributed by atoms with van der Waals surface area (Å²) in [7, 11) is 3.84. The molecule has 0 saturated carbocycles. The van der Waals surface area contributed by atoms with Crippen LogP contribution in [0.2, 0.25) is 0 Å². The zero-order valence-corrected chi connectivity index (χ0v) is 19.9. The Morgan fingerprint density at radius 2 is 1.86 bits per heavy atom. The van der Waals surface area contributed by atoms with E-state index in [2.05, 4.69) is 32.2 Å². The molecule has 6 heterocycles. The van der Waals surface area contributed by atoms with Crippen LogP contribution >= 0.6 is 0 Å². The average molecular weight is 471 g/mol. The number of pyridine rings is 1. The predicted molar refractivity (Wildman–Crippen MR) is 133 cm³/mol. The van der Waals surface area contributed by atoms with E-state index >= 15 is 0 Å². The number of nitrogens with zero attached hydrogens (tertiary/aromatic N) is 9. The van der Waals surface area contributed by atoms with Gasteiger partial charge in [0.15, 0.2) is 11.6 Å². The van der Waals surface area contributed by atoms with Crippen molar-refractivity contribution < 1.29 is 4.74 Å². The van der Waals surface area contributed by atoms with Gasteiger partial charge in [-0.25, -0.2) is 19.5 Å². The number of anilines is 3. The van der Waals surface area contributed by atoms with Crippen LogP contribution in [0.3, 0.4) is 0 Å². The molecule has 1 fully saturated rings. The molecule has 178 valence electrons. The van der Waals surface area contributed by atoms with Crippen LogP contribution in [0.5, 0.6) is 0 Å². The Morgan fingerprint density at radius 1 is 1.00 bits per heavy atom. The summed E-state index contributed by atoms with van der Waals surface area (Å²) in [5, 5.41) is 12.8. The average Bonchev–Trinajstić information content (AvgIpc) is 3.58. The largest absolute Gasteiger partial charge is 0.378 e. The molecule has 0 atom stereocenters. The molecule has 0 radical (unpaired) electrons. The highest BCUT2D eigenvalue weighted by Gasteiger charge is 2.20. The van der Waals surface area contributed by atoms with Crippen molar-refractivity contribution in [3.05, 3.63) is 54.7 Å². The van der Waals surface area contributed by atoms with Crippen molar-refractivity contribution in [2.45, 2.75) is 6.92 Å². The third kappa shape index (κ3) is 3.89. The lowest BCUT2D eigenvalue weighted by Gasteiger charge is -2.29. The molecule has 0 aliphatic carbocycles. The Hall–Kier alpha value is -4.25. The molecule has 0 amide bonds. The van der Waals surface area contributed by atoms with E-state index in [9.17, 15) is 0 Å². The Balaban J connectivity index is 1.47. The van der Waals surface area contributed by atoms with Crippen LogP contribution in [0.25, 0.3) is 28.4 Å². The number of nitrogens with one attached hydrogen (secondary N) is 1. The lowest BCUT2D eigenvalue weighted by Crippen LogP contribution is -2.36. The topological polar surface area (TPSA) is 103 Å². The summed E-state index contributed by atoms with van der Waals surface area (Å²) in [6.07, 6.45) is 9.36. The first-order chi connectivity index (χ1) is 17.1. The zero-order chi connectivity index (χ0) is 23.9. The molecule has 11 heteroatoms. The Morgan fingerprint density at radius 3 is 2.60 bits per heavy atom. The number of fused-ring (bicyclic) bond motifs is 1. The van der Waals surface area contributed by atoms with Crippen LogP contribution in [-0.2, 0) is 18.8 Å². The number of hydrogen-bond donors (Lipinski definition) is 1. The molecule has 1 aliphatic rings. The summed E-state index contributed by atoms with van der Waals surface area (Å²) in [5.41, 5.74) is 4.87. The second kappa shape index (κ2) is 8.51. The maximum Gasteiger partial charge on any atom is 0.218 e.